The molecule has 2 aromatic carbocycles. The number of nitrogens with one attached hydrogen (secondary N) is 2. The smallest absolute Gasteiger partial charge is 0.338 e. The summed E-state index contributed by atoms with van der Waals surface area (Å²) in [5.41, 5.74) is 1.65. The van der Waals surface area contributed by atoms with Gasteiger partial charge in [0.1, 0.15) is 0 Å². The molecule has 30 heavy (non-hydrogen) atoms. The van der Waals surface area contributed by atoms with Crippen LogP contribution in [0.4, 0.5) is 4.79 Å². The van der Waals surface area contributed by atoms with E-state index in [9.17, 15) is 19.2 Å². The van der Waals surface area contributed by atoms with E-state index in [0.717, 1.165) is 4.90 Å². The minimum atomic E-state index is -0.921. The lowest BCUT2D eigenvalue weighted by molar-refractivity contribution is -0.138. The van der Waals surface area contributed by atoms with Gasteiger partial charge < -0.3 is 15.4 Å². The lowest BCUT2D eigenvalue weighted by Crippen LogP contribution is -2.55. The Morgan fingerprint density at radius 1 is 0.967 bits per heavy atom. The first-order chi connectivity index (χ1) is 14.5. The SMILES string of the molecule is CCOC(=O)C1=C(c2ccccc2)NC(=O)NC1CN1C(=O)c2ccccc2C1=O. The van der Waals surface area contributed by atoms with Gasteiger partial charge in [-0.1, -0.05) is 42.5 Å². The number of imide groups is 1. The number of ether oxygens (including phenoxy) is 1. The fourth-order valence-electron chi connectivity index (χ4n) is 3.63. The van der Waals surface area contributed by atoms with Gasteiger partial charge in [-0.2, -0.15) is 0 Å². The number of fused-ring (bicyclic) bond motifs is 1. The monoisotopic (exact) mass is 405 g/mol. The van der Waals surface area contributed by atoms with E-state index in [1.807, 2.05) is 6.07 Å². The summed E-state index contributed by atoms with van der Waals surface area (Å²) in [5.74, 6) is -1.56. The molecule has 0 saturated heterocycles. The van der Waals surface area contributed by atoms with Crippen molar-refractivity contribution in [2.24, 2.45) is 0 Å². The zero-order valence-electron chi connectivity index (χ0n) is 16.2. The van der Waals surface area contributed by atoms with Gasteiger partial charge in [0.15, 0.2) is 0 Å². The number of carbonyl (C=O) groups excluding carboxylic acids is 4. The van der Waals surface area contributed by atoms with Crippen LogP contribution in [0.2, 0.25) is 0 Å². The number of urea groups is 1. The first kappa shape index (κ1) is 19.4. The third kappa shape index (κ3) is 3.32. The lowest BCUT2D eigenvalue weighted by atomic mass is 9.97. The van der Waals surface area contributed by atoms with Crippen LogP contribution in [-0.4, -0.2) is 47.9 Å². The van der Waals surface area contributed by atoms with Crippen molar-refractivity contribution in [3.63, 3.8) is 0 Å². The summed E-state index contributed by atoms with van der Waals surface area (Å²) in [6, 6.07) is 13.9. The van der Waals surface area contributed by atoms with Crippen LogP contribution in [0.3, 0.4) is 0 Å². The lowest BCUT2D eigenvalue weighted by Gasteiger charge is -2.31. The van der Waals surface area contributed by atoms with Crippen molar-refractivity contribution >= 4 is 29.5 Å². The Morgan fingerprint density at radius 2 is 1.57 bits per heavy atom. The molecule has 0 bridgehead atoms. The van der Waals surface area contributed by atoms with Crippen LogP contribution < -0.4 is 10.6 Å². The minimum absolute atomic E-state index is 0.137. The maximum Gasteiger partial charge on any atom is 0.338 e. The normalized spacial score (nSPS) is 18.1. The molecule has 0 aromatic heterocycles. The summed E-state index contributed by atoms with van der Waals surface area (Å²) in [7, 11) is 0. The van der Waals surface area contributed by atoms with E-state index >= 15 is 0 Å². The van der Waals surface area contributed by atoms with E-state index in [-0.39, 0.29) is 18.7 Å². The Morgan fingerprint density at radius 3 is 2.17 bits per heavy atom. The molecule has 0 aliphatic carbocycles. The van der Waals surface area contributed by atoms with Crippen molar-refractivity contribution in [1.82, 2.24) is 15.5 Å². The van der Waals surface area contributed by atoms with Gasteiger partial charge in [-0.05, 0) is 24.6 Å². The van der Waals surface area contributed by atoms with Crippen molar-refractivity contribution in [3.05, 3.63) is 76.9 Å². The predicted octanol–water partition coefficient (Wildman–Crippen LogP) is 1.94. The third-order valence-corrected chi connectivity index (χ3v) is 4.96. The molecule has 0 fully saturated rings. The average Bonchev–Trinajstić information content (AvgIpc) is 2.99. The topological polar surface area (TPSA) is 105 Å². The van der Waals surface area contributed by atoms with E-state index in [1.165, 1.54) is 0 Å². The molecule has 1 atom stereocenters. The molecule has 2 aliphatic rings. The van der Waals surface area contributed by atoms with Gasteiger partial charge >= 0.3 is 12.0 Å². The summed E-state index contributed by atoms with van der Waals surface area (Å²) in [6.07, 6.45) is 0. The van der Waals surface area contributed by atoms with Gasteiger partial charge in [-0.25, -0.2) is 9.59 Å². The molecule has 4 rings (SSSR count). The fraction of sp³-hybridized carbons (Fsp3) is 0.182. The maximum absolute atomic E-state index is 12.8. The number of hydrogen-bond donors (Lipinski definition) is 2. The molecule has 152 valence electrons. The highest BCUT2D eigenvalue weighted by Crippen LogP contribution is 2.27. The highest BCUT2D eigenvalue weighted by atomic mass is 16.5. The summed E-state index contributed by atoms with van der Waals surface area (Å²) in [5, 5.41) is 5.30. The molecule has 0 saturated carbocycles. The number of benzene rings is 2. The maximum atomic E-state index is 12.8. The average molecular weight is 405 g/mol. The predicted molar refractivity (Wildman–Crippen MR) is 107 cm³/mol. The first-order valence-electron chi connectivity index (χ1n) is 9.50. The largest absolute Gasteiger partial charge is 0.463 e. The second-order valence-corrected chi connectivity index (χ2v) is 6.79. The van der Waals surface area contributed by atoms with Crippen LogP contribution in [0.25, 0.3) is 5.70 Å². The van der Waals surface area contributed by atoms with Gasteiger partial charge in [0, 0.05) is 0 Å². The number of carbonyl (C=O) groups is 4. The second kappa shape index (κ2) is 7.82. The summed E-state index contributed by atoms with van der Waals surface area (Å²) in [6.45, 7) is 1.62. The molecule has 1 unspecified atom stereocenters. The molecule has 2 aliphatic heterocycles. The Balaban J connectivity index is 1.74. The van der Waals surface area contributed by atoms with Crippen LogP contribution in [0.15, 0.2) is 60.2 Å². The molecule has 0 spiro atoms. The number of amides is 4. The molecule has 2 heterocycles. The van der Waals surface area contributed by atoms with Crippen molar-refractivity contribution < 1.29 is 23.9 Å². The second-order valence-electron chi connectivity index (χ2n) is 6.79. The zero-order valence-corrected chi connectivity index (χ0v) is 16.2. The number of hydrogen-bond acceptors (Lipinski definition) is 5. The molecule has 8 heteroatoms. The standard InChI is InChI=1S/C22H19N3O5/c1-2-30-21(28)17-16(23-22(29)24-18(17)13-8-4-3-5-9-13)12-25-19(26)14-10-6-7-11-15(14)20(25)27/h3-11,16H,2,12H2,1H3,(H2,23,24,29). The first-order valence-corrected chi connectivity index (χ1v) is 9.50. The highest BCUT2D eigenvalue weighted by molar-refractivity contribution is 6.21. The highest BCUT2D eigenvalue weighted by Gasteiger charge is 2.41. The Labute approximate surface area is 172 Å². The molecular formula is C22H19N3O5. The Bertz CT molecular complexity index is 1040. The van der Waals surface area contributed by atoms with Gasteiger partial charge in [-0.3, -0.25) is 14.5 Å². The Hall–Kier alpha value is -3.94. The van der Waals surface area contributed by atoms with E-state index in [1.54, 1.807) is 55.5 Å². The molecule has 2 aromatic rings. The fourth-order valence-corrected chi connectivity index (χ4v) is 3.63. The molecule has 4 amide bonds. The van der Waals surface area contributed by atoms with Crippen LogP contribution in [-0.2, 0) is 9.53 Å². The van der Waals surface area contributed by atoms with Crippen LogP contribution >= 0.6 is 0 Å². The third-order valence-electron chi connectivity index (χ3n) is 4.96. The van der Waals surface area contributed by atoms with Crippen molar-refractivity contribution in [2.45, 2.75) is 13.0 Å². The van der Waals surface area contributed by atoms with Crippen molar-refractivity contribution in [3.8, 4) is 0 Å². The van der Waals surface area contributed by atoms with Gasteiger partial charge in [-0.15, -0.1) is 0 Å². The molecule has 0 radical (unpaired) electrons. The summed E-state index contributed by atoms with van der Waals surface area (Å²) >= 11 is 0. The number of esters is 1. The van der Waals surface area contributed by atoms with E-state index in [4.69, 9.17) is 4.74 Å². The van der Waals surface area contributed by atoms with Crippen LogP contribution in [0, 0.1) is 0 Å². The zero-order chi connectivity index (χ0) is 21.3. The number of nitrogens with zero attached hydrogens (tertiary/aromatic N) is 1. The van der Waals surface area contributed by atoms with E-state index in [0.29, 0.717) is 22.4 Å². The van der Waals surface area contributed by atoms with E-state index in [2.05, 4.69) is 10.6 Å². The van der Waals surface area contributed by atoms with Gasteiger partial charge in [0.05, 0.1) is 41.6 Å². The quantitative estimate of drug-likeness (QED) is 0.584. The Kier molecular flexibility index (Phi) is 5.05. The van der Waals surface area contributed by atoms with Crippen molar-refractivity contribution in [1.29, 1.82) is 0 Å². The van der Waals surface area contributed by atoms with Gasteiger partial charge in [0.25, 0.3) is 11.8 Å². The summed E-state index contributed by atoms with van der Waals surface area (Å²) < 4.78 is 5.20. The molecule has 2 N–H and O–H groups in total. The van der Waals surface area contributed by atoms with Crippen LogP contribution in [0.1, 0.15) is 33.2 Å². The summed E-state index contributed by atoms with van der Waals surface area (Å²) in [4.78, 5) is 51.7. The molecule has 8 nitrogen and oxygen atoms in total. The number of rotatable bonds is 5. The van der Waals surface area contributed by atoms with Gasteiger partial charge in [0.2, 0.25) is 0 Å². The minimum Gasteiger partial charge on any atom is -0.463 e. The van der Waals surface area contributed by atoms with E-state index < -0.39 is 29.9 Å². The van der Waals surface area contributed by atoms with Crippen LogP contribution in [0.5, 0.6) is 0 Å². The molecular weight excluding hydrogens is 386 g/mol. The van der Waals surface area contributed by atoms with Crippen molar-refractivity contribution in [2.75, 3.05) is 13.2 Å².